The average molecular weight is 368 g/mol. The fourth-order valence-corrected chi connectivity index (χ4v) is 7.78. The maximum atomic E-state index is 11.9. The van der Waals surface area contributed by atoms with Gasteiger partial charge in [-0.25, -0.2) is 0 Å². The highest BCUT2D eigenvalue weighted by molar-refractivity contribution is 6.27. The molecule has 4 saturated carbocycles. The lowest BCUT2D eigenvalue weighted by Crippen LogP contribution is -2.56. The van der Waals surface area contributed by atoms with Crippen LogP contribution < -0.4 is 5.32 Å². The molecule has 0 aromatic carbocycles. The van der Waals surface area contributed by atoms with Crippen LogP contribution in [0.1, 0.15) is 71.6 Å². The summed E-state index contributed by atoms with van der Waals surface area (Å²) in [6.07, 6.45) is 10.7. The van der Waals surface area contributed by atoms with Gasteiger partial charge in [-0.1, -0.05) is 13.8 Å². The van der Waals surface area contributed by atoms with Gasteiger partial charge in [0, 0.05) is 6.04 Å². The van der Waals surface area contributed by atoms with Crippen LogP contribution in [-0.2, 0) is 4.79 Å². The lowest BCUT2D eigenvalue weighted by atomic mass is 9.45. The Balaban J connectivity index is 1.55. The van der Waals surface area contributed by atoms with Crippen molar-refractivity contribution in [3.05, 3.63) is 0 Å². The molecule has 4 aliphatic carbocycles. The average Bonchev–Trinajstić information content (AvgIpc) is 2.92. The zero-order valence-corrected chi connectivity index (χ0v) is 16.5. The summed E-state index contributed by atoms with van der Waals surface area (Å²) in [6, 6.07) is 0.309. The van der Waals surface area contributed by atoms with Crippen LogP contribution in [-0.4, -0.2) is 29.0 Å². The first-order chi connectivity index (χ1) is 11.9. The van der Waals surface area contributed by atoms with Crippen LogP contribution in [0.25, 0.3) is 0 Å². The minimum atomic E-state index is -0.0647. The van der Waals surface area contributed by atoms with Crippen molar-refractivity contribution in [2.45, 2.75) is 83.8 Å². The van der Waals surface area contributed by atoms with Crippen molar-refractivity contribution in [3.63, 3.8) is 0 Å². The molecule has 3 nitrogen and oxygen atoms in total. The van der Waals surface area contributed by atoms with E-state index in [-0.39, 0.29) is 23.3 Å². The van der Waals surface area contributed by atoms with Crippen LogP contribution in [0, 0.1) is 34.5 Å². The minimum Gasteiger partial charge on any atom is -0.393 e. The van der Waals surface area contributed by atoms with Crippen LogP contribution in [0.3, 0.4) is 0 Å². The zero-order chi connectivity index (χ0) is 17.8. The van der Waals surface area contributed by atoms with E-state index in [0.29, 0.717) is 11.5 Å². The minimum absolute atomic E-state index is 0.00685. The summed E-state index contributed by atoms with van der Waals surface area (Å²) in [6.45, 7) is 4.96. The number of aliphatic hydroxyl groups is 1. The molecule has 0 radical (unpaired) electrons. The molecule has 1 amide bonds. The molecule has 0 aromatic heterocycles. The largest absolute Gasteiger partial charge is 0.393 e. The number of hydrogen-bond donors (Lipinski definition) is 2. The van der Waals surface area contributed by atoms with Crippen molar-refractivity contribution in [1.29, 1.82) is 0 Å². The first-order valence-corrected chi connectivity index (χ1v) is 11.0. The predicted molar refractivity (Wildman–Crippen MR) is 100 cm³/mol. The fraction of sp³-hybridized carbons (Fsp3) is 0.952. The third kappa shape index (κ3) is 2.76. The highest BCUT2D eigenvalue weighted by atomic mass is 35.5. The lowest BCUT2D eigenvalue weighted by molar-refractivity contribution is -0.128. The number of aliphatic hydroxyl groups excluding tert-OH is 1. The second-order valence-corrected chi connectivity index (χ2v) is 10.2. The smallest absolute Gasteiger partial charge is 0.235 e. The Hall–Kier alpha value is -0.280. The molecular formula is C21H34ClNO2. The number of carbonyl (C=O) groups is 1. The van der Waals surface area contributed by atoms with E-state index in [2.05, 4.69) is 19.2 Å². The molecule has 8 atom stereocenters. The molecule has 0 spiro atoms. The summed E-state index contributed by atoms with van der Waals surface area (Å²) in [5.41, 5.74) is 0.682. The summed E-state index contributed by atoms with van der Waals surface area (Å²) in [5, 5.41) is 13.4. The van der Waals surface area contributed by atoms with Crippen molar-refractivity contribution in [3.8, 4) is 0 Å². The monoisotopic (exact) mass is 367 g/mol. The summed E-state index contributed by atoms with van der Waals surface area (Å²) in [4.78, 5) is 11.9. The molecule has 0 saturated heterocycles. The number of carbonyl (C=O) groups excluding carboxylic acids is 1. The zero-order valence-electron chi connectivity index (χ0n) is 15.8. The van der Waals surface area contributed by atoms with E-state index in [9.17, 15) is 9.90 Å². The van der Waals surface area contributed by atoms with E-state index in [1.165, 1.54) is 38.5 Å². The highest BCUT2D eigenvalue weighted by Crippen LogP contribution is 2.66. The van der Waals surface area contributed by atoms with Gasteiger partial charge < -0.3 is 10.4 Å². The number of amides is 1. The number of hydrogen-bond acceptors (Lipinski definition) is 2. The summed E-state index contributed by atoms with van der Waals surface area (Å²) >= 11 is 5.74. The Morgan fingerprint density at radius 2 is 1.76 bits per heavy atom. The molecule has 0 heterocycles. The molecule has 25 heavy (non-hydrogen) atoms. The number of rotatable bonds is 2. The second kappa shape index (κ2) is 6.41. The maximum absolute atomic E-state index is 11.9. The van der Waals surface area contributed by atoms with E-state index >= 15 is 0 Å². The third-order valence-electron chi connectivity index (χ3n) is 9.09. The quantitative estimate of drug-likeness (QED) is 0.721. The molecule has 0 bridgehead atoms. The lowest BCUT2D eigenvalue weighted by Gasteiger charge is -2.60. The van der Waals surface area contributed by atoms with E-state index in [1.54, 1.807) is 0 Å². The summed E-state index contributed by atoms with van der Waals surface area (Å²) in [7, 11) is 0. The van der Waals surface area contributed by atoms with Crippen LogP contribution in [0.5, 0.6) is 0 Å². The molecule has 0 aliphatic heterocycles. The van der Waals surface area contributed by atoms with E-state index in [0.717, 1.165) is 42.9 Å². The third-order valence-corrected chi connectivity index (χ3v) is 9.34. The highest BCUT2D eigenvalue weighted by Gasteiger charge is 2.60. The molecule has 2 N–H and O–H groups in total. The van der Waals surface area contributed by atoms with Gasteiger partial charge in [0.05, 0.1) is 6.10 Å². The molecule has 4 fully saturated rings. The number of nitrogens with one attached hydrogen (secondary N) is 1. The Labute approximate surface area is 157 Å². The van der Waals surface area contributed by atoms with Gasteiger partial charge in [0.15, 0.2) is 0 Å². The number of alkyl halides is 1. The van der Waals surface area contributed by atoms with Crippen LogP contribution in [0.4, 0.5) is 0 Å². The van der Waals surface area contributed by atoms with Crippen molar-refractivity contribution in [2.75, 3.05) is 5.88 Å². The van der Waals surface area contributed by atoms with Gasteiger partial charge in [-0.2, -0.15) is 0 Å². The SMILES string of the molecule is C[C@]12CC[C@@H](O)C[C@@H]1CC[C@@H]1[C@@H]2CC[C@]2(C)[C@H](NC(=O)CCl)CC[C@@H]12. The van der Waals surface area contributed by atoms with Gasteiger partial charge in [0.1, 0.15) is 5.88 Å². The summed E-state index contributed by atoms with van der Waals surface area (Å²) < 4.78 is 0. The normalized spacial score (nSPS) is 52.0. The number of halogens is 1. The first kappa shape index (κ1) is 18.1. The Morgan fingerprint density at radius 3 is 2.52 bits per heavy atom. The van der Waals surface area contributed by atoms with Gasteiger partial charge in [0.2, 0.25) is 5.91 Å². The molecular weight excluding hydrogens is 334 g/mol. The van der Waals surface area contributed by atoms with E-state index in [4.69, 9.17) is 11.6 Å². The van der Waals surface area contributed by atoms with Crippen LogP contribution >= 0.6 is 11.6 Å². The number of fused-ring (bicyclic) bond motifs is 5. The van der Waals surface area contributed by atoms with Gasteiger partial charge in [-0.05, 0) is 92.3 Å². The van der Waals surface area contributed by atoms with Gasteiger partial charge >= 0.3 is 0 Å². The topological polar surface area (TPSA) is 49.3 Å². The Bertz CT molecular complexity index is 540. The maximum Gasteiger partial charge on any atom is 0.235 e. The molecule has 4 aliphatic rings. The van der Waals surface area contributed by atoms with Crippen LogP contribution in [0.2, 0.25) is 0 Å². The Morgan fingerprint density at radius 1 is 1.04 bits per heavy atom. The van der Waals surface area contributed by atoms with E-state index < -0.39 is 0 Å². The van der Waals surface area contributed by atoms with Crippen molar-refractivity contribution >= 4 is 17.5 Å². The molecule has 142 valence electrons. The first-order valence-electron chi connectivity index (χ1n) is 10.4. The van der Waals surface area contributed by atoms with Gasteiger partial charge in [-0.15, -0.1) is 11.6 Å². The molecule has 0 aromatic rings. The molecule has 4 rings (SSSR count). The predicted octanol–water partition coefficient (Wildman–Crippen LogP) is 4.11. The van der Waals surface area contributed by atoms with Crippen molar-refractivity contribution in [2.24, 2.45) is 34.5 Å². The fourth-order valence-electron chi connectivity index (χ4n) is 7.71. The summed E-state index contributed by atoms with van der Waals surface area (Å²) in [5.74, 6) is 3.16. The van der Waals surface area contributed by atoms with Gasteiger partial charge in [-0.3, -0.25) is 4.79 Å². The molecule has 4 heteroatoms. The second-order valence-electron chi connectivity index (χ2n) is 9.96. The van der Waals surface area contributed by atoms with Crippen LogP contribution in [0.15, 0.2) is 0 Å². The Kier molecular flexibility index (Phi) is 4.64. The van der Waals surface area contributed by atoms with Gasteiger partial charge in [0.25, 0.3) is 0 Å². The molecule has 0 unspecified atom stereocenters. The van der Waals surface area contributed by atoms with E-state index in [1.807, 2.05) is 0 Å². The van der Waals surface area contributed by atoms with Crippen molar-refractivity contribution < 1.29 is 9.90 Å². The standard InChI is InChI=1S/C21H34ClNO2/c1-20-9-7-14(24)11-13(20)3-4-15-16-5-6-18(23-19(25)12-22)21(16,2)10-8-17(15)20/h13-18,24H,3-12H2,1-2H3,(H,23,25)/t13-,14+,15-,16-,17-,18+,20-,21-/m0/s1. The van der Waals surface area contributed by atoms with Crippen molar-refractivity contribution in [1.82, 2.24) is 5.32 Å².